The van der Waals surface area contributed by atoms with Crippen molar-refractivity contribution in [1.82, 2.24) is 19.6 Å². The third-order valence-corrected chi connectivity index (χ3v) is 4.54. The van der Waals surface area contributed by atoms with Gasteiger partial charge in [-0.15, -0.1) is 0 Å². The highest BCUT2D eigenvalue weighted by atomic mass is 16.1. The van der Waals surface area contributed by atoms with Crippen molar-refractivity contribution in [2.75, 3.05) is 45.7 Å². The van der Waals surface area contributed by atoms with Gasteiger partial charge in [0.05, 0.1) is 11.3 Å². The number of fused-ring (bicyclic) bond motifs is 1. The Hall–Kier alpha value is -2.08. The highest BCUT2D eigenvalue weighted by molar-refractivity contribution is 5.94. The van der Waals surface area contributed by atoms with Crippen LogP contribution in [0.25, 0.3) is 5.65 Å². The summed E-state index contributed by atoms with van der Waals surface area (Å²) in [6.07, 6.45) is 6.03. The lowest BCUT2D eigenvalue weighted by Gasteiger charge is -2.20. The molecule has 0 bridgehead atoms. The van der Waals surface area contributed by atoms with E-state index in [0.717, 1.165) is 55.9 Å². The summed E-state index contributed by atoms with van der Waals surface area (Å²) in [4.78, 5) is 21.6. The van der Waals surface area contributed by atoms with Crippen molar-refractivity contribution in [1.29, 1.82) is 0 Å². The van der Waals surface area contributed by atoms with Crippen LogP contribution in [0.4, 0.5) is 5.82 Å². The number of hydrogen-bond acceptors (Lipinski definition) is 4. The van der Waals surface area contributed by atoms with Crippen LogP contribution in [0.2, 0.25) is 0 Å². The van der Waals surface area contributed by atoms with E-state index in [0.29, 0.717) is 12.1 Å². The first-order chi connectivity index (χ1) is 12.5. The maximum Gasteiger partial charge on any atom is 0.252 e. The van der Waals surface area contributed by atoms with Gasteiger partial charge in [-0.2, -0.15) is 0 Å². The minimum Gasteiger partial charge on any atom is -0.359 e. The molecule has 0 unspecified atom stereocenters. The number of rotatable bonds is 10. The molecule has 1 amide bonds. The zero-order chi connectivity index (χ0) is 19.1. The summed E-state index contributed by atoms with van der Waals surface area (Å²) in [5, 5.41) is 3.01. The number of unbranched alkanes of at least 4 members (excludes halogenated alkanes) is 1. The molecule has 0 saturated carbocycles. The number of nitrogens with one attached hydrogen (secondary N) is 1. The molecule has 0 aliphatic rings. The number of aryl methyl sites for hydroxylation is 1. The van der Waals surface area contributed by atoms with Gasteiger partial charge in [-0.25, -0.2) is 4.98 Å². The zero-order valence-electron chi connectivity index (χ0n) is 16.9. The van der Waals surface area contributed by atoms with Crippen LogP contribution in [0, 0.1) is 0 Å². The molecule has 0 fully saturated rings. The molecule has 0 spiro atoms. The number of nitrogens with zero attached hydrogens (tertiary/aromatic N) is 4. The standard InChI is InChI=1S/C20H33N5O/c1-6-8-14-24(5)20-17(7-2)22-18-11-10-16(15-25(18)20)19(26)21-12-9-13-23(3)4/h10-11,15H,6-9,12-14H2,1-5H3,(H,21,26). The van der Waals surface area contributed by atoms with Crippen LogP contribution in [-0.2, 0) is 6.42 Å². The smallest absolute Gasteiger partial charge is 0.252 e. The number of hydrogen-bond donors (Lipinski definition) is 1. The summed E-state index contributed by atoms with van der Waals surface area (Å²) in [5.74, 6) is 1.07. The molecular weight excluding hydrogens is 326 g/mol. The van der Waals surface area contributed by atoms with Gasteiger partial charge in [0.1, 0.15) is 11.5 Å². The largest absolute Gasteiger partial charge is 0.359 e. The molecule has 2 aromatic heterocycles. The van der Waals surface area contributed by atoms with E-state index in [1.165, 1.54) is 0 Å². The van der Waals surface area contributed by atoms with E-state index in [2.05, 4.69) is 40.4 Å². The minimum absolute atomic E-state index is 0.0282. The van der Waals surface area contributed by atoms with E-state index in [1.54, 1.807) is 0 Å². The average molecular weight is 360 g/mol. The van der Waals surface area contributed by atoms with Crippen LogP contribution < -0.4 is 10.2 Å². The molecule has 0 atom stereocenters. The van der Waals surface area contributed by atoms with E-state index in [9.17, 15) is 4.79 Å². The first kappa shape index (κ1) is 20.2. The van der Waals surface area contributed by atoms with Gasteiger partial charge in [0.25, 0.3) is 5.91 Å². The molecule has 0 aliphatic heterocycles. The molecule has 144 valence electrons. The van der Waals surface area contributed by atoms with Crippen molar-refractivity contribution in [3.8, 4) is 0 Å². The predicted octanol–water partition coefficient (Wildman–Crippen LogP) is 2.81. The Morgan fingerprint density at radius 2 is 1.92 bits per heavy atom. The van der Waals surface area contributed by atoms with Crippen LogP contribution >= 0.6 is 0 Å². The molecule has 6 nitrogen and oxygen atoms in total. The normalized spacial score (nSPS) is 11.3. The first-order valence-corrected chi connectivity index (χ1v) is 9.63. The third kappa shape index (κ3) is 4.97. The Balaban J connectivity index is 2.21. The number of carbonyl (C=O) groups is 1. The Bertz CT molecular complexity index is 722. The van der Waals surface area contributed by atoms with Crippen molar-refractivity contribution < 1.29 is 4.79 Å². The number of aromatic nitrogens is 2. The third-order valence-electron chi connectivity index (χ3n) is 4.54. The predicted molar refractivity (Wildman–Crippen MR) is 108 cm³/mol. The van der Waals surface area contributed by atoms with E-state index in [1.807, 2.05) is 32.4 Å². The SMILES string of the molecule is CCCCN(C)c1c(CC)nc2ccc(C(=O)NCCCN(C)C)cn12. The fourth-order valence-electron chi connectivity index (χ4n) is 3.06. The topological polar surface area (TPSA) is 52.9 Å². The Labute approximate surface area is 157 Å². The quantitative estimate of drug-likeness (QED) is 0.663. The van der Waals surface area contributed by atoms with Crippen molar-refractivity contribution in [2.24, 2.45) is 0 Å². The number of pyridine rings is 1. The molecule has 2 aromatic rings. The van der Waals surface area contributed by atoms with Gasteiger partial charge < -0.3 is 15.1 Å². The van der Waals surface area contributed by atoms with E-state index in [-0.39, 0.29) is 5.91 Å². The molecule has 26 heavy (non-hydrogen) atoms. The Morgan fingerprint density at radius 1 is 1.15 bits per heavy atom. The van der Waals surface area contributed by atoms with Crippen molar-refractivity contribution in [3.63, 3.8) is 0 Å². The lowest BCUT2D eigenvalue weighted by Crippen LogP contribution is -2.27. The van der Waals surface area contributed by atoms with E-state index < -0.39 is 0 Å². The summed E-state index contributed by atoms with van der Waals surface area (Å²) in [6, 6.07) is 3.80. The van der Waals surface area contributed by atoms with Gasteiger partial charge in [-0.05, 0) is 52.0 Å². The first-order valence-electron chi connectivity index (χ1n) is 9.63. The number of anilines is 1. The maximum absolute atomic E-state index is 12.5. The molecule has 0 saturated heterocycles. The molecule has 0 radical (unpaired) electrons. The maximum atomic E-state index is 12.5. The highest BCUT2D eigenvalue weighted by Gasteiger charge is 2.16. The monoisotopic (exact) mass is 359 g/mol. The second-order valence-corrected chi connectivity index (χ2v) is 7.07. The fourth-order valence-corrected chi connectivity index (χ4v) is 3.06. The lowest BCUT2D eigenvalue weighted by atomic mass is 10.2. The van der Waals surface area contributed by atoms with Gasteiger partial charge in [0, 0.05) is 26.3 Å². The van der Waals surface area contributed by atoms with Gasteiger partial charge in [0.15, 0.2) is 0 Å². The van der Waals surface area contributed by atoms with Gasteiger partial charge in [0.2, 0.25) is 0 Å². The van der Waals surface area contributed by atoms with Crippen LogP contribution in [-0.4, -0.2) is 61.0 Å². The second-order valence-electron chi connectivity index (χ2n) is 7.07. The molecule has 2 heterocycles. The summed E-state index contributed by atoms with van der Waals surface area (Å²) >= 11 is 0. The van der Waals surface area contributed by atoms with E-state index >= 15 is 0 Å². The van der Waals surface area contributed by atoms with Crippen LogP contribution in [0.1, 0.15) is 49.2 Å². The summed E-state index contributed by atoms with van der Waals surface area (Å²) in [5.41, 5.74) is 2.64. The summed E-state index contributed by atoms with van der Waals surface area (Å²) in [7, 11) is 6.18. The van der Waals surface area contributed by atoms with Crippen LogP contribution in [0.15, 0.2) is 18.3 Å². The molecule has 0 aromatic carbocycles. The van der Waals surface area contributed by atoms with Gasteiger partial charge in [-0.1, -0.05) is 20.3 Å². The number of imidazole rings is 1. The zero-order valence-corrected chi connectivity index (χ0v) is 16.9. The summed E-state index contributed by atoms with van der Waals surface area (Å²) in [6.45, 7) is 6.95. The lowest BCUT2D eigenvalue weighted by molar-refractivity contribution is 0.0952. The second kappa shape index (κ2) is 9.57. The molecule has 0 aliphatic carbocycles. The van der Waals surface area contributed by atoms with Crippen molar-refractivity contribution >= 4 is 17.4 Å². The minimum atomic E-state index is -0.0282. The van der Waals surface area contributed by atoms with Crippen LogP contribution in [0.3, 0.4) is 0 Å². The molecule has 6 heteroatoms. The fraction of sp³-hybridized carbons (Fsp3) is 0.600. The number of amides is 1. The molecule has 1 N–H and O–H groups in total. The molecular formula is C20H33N5O. The number of carbonyl (C=O) groups excluding carboxylic acids is 1. The van der Waals surface area contributed by atoms with Gasteiger partial charge >= 0.3 is 0 Å². The Kier molecular flexibility index (Phi) is 7.45. The highest BCUT2D eigenvalue weighted by Crippen LogP contribution is 2.23. The van der Waals surface area contributed by atoms with Crippen molar-refractivity contribution in [3.05, 3.63) is 29.6 Å². The van der Waals surface area contributed by atoms with Crippen molar-refractivity contribution in [2.45, 2.75) is 39.5 Å². The van der Waals surface area contributed by atoms with Gasteiger partial charge in [-0.3, -0.25) is 9.20 Å². The van der Waals surface area contributed by atoms with Crippen LogP contribution in [0.5, 0.6) is 0 Å². The Morgan fingerprint density at radius 3 is 2.58 bits per heavy atom. The van der Waals surface area contributed by atoms with E-state index in [4.69, 9.17) is 4.98 Å². The average Bonchev–Trinajstić information content (AvgIpc) is 3.00. The summed E-state index contributed by atoms with van der Waals surface area (Å²) < 4.78 is 2.06. The molecule has 2 rings (SSSR count).